The van der Waals surface area contributed by atoms with Crippen LogP contribution in [0.15, 0.2) is 30.3 Å². The van der Waals surface area contributed by atoms with Gasteiger partial charge in [0.05, 0.1) is 12.7 Å². The van der Waals surface area contributed by atoms with E-state index in [0.29, 0.717) is 6.61 Å². The Bertz CT molecular complexity index is 368. The van der Waals surface area contributed by atoms with Gasteiger partial charge >= 0.3 is 0 Å². The van der Waals surface area contributed by atoms with Gasteiger partial charge in [-0.3, -0.25) is 0 Å². The minimum absolute atomic E-state index is 0.0476. The second-order valence-electron chi connectivity index (χ2n) is 4.97. The van der Waals surface area contributed by atoms with Crippen LogP contribution in [0.1, 0.15) is 37.4 Å². The van der Waals surface area contributed by atoms with Gasteiger partial charge in [-0.15, -0.1) is 0 Å². The second-order valence-corrected chi connectivity index (χ2v) is 4.97. The SMILES string of the molecule is OC1CCC2(CC1)OCC(c1ccccc1)O2. The first-order chi connectivity index (χ1) is 8.27. The first-order valence-corrected chi connectivity index (χ1v) is 6.32. The topological polar surface area (TPSA) is 38.7 Å². The lowest BCUT2D eigenvalue weighted by molar-refractivity contribution is -0.198. The van der Waals surface area contributed by atoms with Crippen molar-refractivity contribution in [2.45, 2.75) is 43.7 Å². The fourth-order valence-electron chi connectivity index (χ4n) is 2.69. The molecule has 1 heterocycles. The van der Waals surface area contributed by atoms with Gasteiger partial charge in [0.25, 0.3) is 0 Å². The molecule has 0 amide bonds. The van der Waals surface area contributed by atoms with Crippen LogP contribution >= 0.6 is 0 Å². The third-order valence-corrected chi connectivity index (χ3v) is 3.74. The van der Waals surface area contributed by atoms with E-state index < -0.39 is 5.79 Å². The van der Waals surface area contributed by atoms with E-state index in [1.807, 2.05) is 18.2 Å². The lowest BCUT2D eigenvalue weighted by Gasteiger charge is -2.34. The van der Waals surface area contributed by atoms with E-state index >= 15 is 0 Å². The number of rotatable bonds is 1. The molecule has 3 nitrogen and oxygen atoms in total. The largest absolute Gasteiger partial charge is 0.393 e. The van der Waals surface area contributed by atoms with E-state index in [9.17, 15) is 5.11 Å². The van der Waals surface area contributed by atoms with Crippen LogP contribution in [0.4, 0.5) is 0 Å². The standard InChI is InChI=1S/C14H18O3/c15-12-6-8-14(9-7-12)16-10-13(17-14)11-4-2-1-3-5-11/h1-5,12-13,15H,6-10H2. The van der Waals surface area contributed by atoms with Gasteiger partial charge in [-0.2, -0.15) is 0 Å². The van der Waals surface area contributed by atoms with Crippen LogP contribution in [0, 0.1) is 0 Å². The summed E-state index contributed by atoms with van der Waals surface area (Å²) < 4.78 is 12.0. The molecule has 1 saturated carbocycles. The predicted molar refractivity (Wildman–Crippen MR) is 63.4 cm³/mol. The normalized spacial score (nSPS) is 37.5. The van der Waals surface area contributed by atoms with Crippen molar-refractivity contribution in [3.8, 4) is 0 Å². The van der Waals surface area contributed by atoms with E-state index in [1.165, 1.54) is 5.56 Å². The van der Waals surface area contributed by atoms with Crippen molar-refractivity contribution in [3.05, 3.63) is 35.9 Å². The van der Waals surface area contributed by atoms with Crippen molar-refractivity contribution < 1.29 is 14.6 Å². The smallest absolute Gasteiger partial charge is 0.169 e. The molecule has 1 spiro atoms. The van der Waals surface area contributed by atoms with Gasteiger partial charge in [0.15, 0.2) is 5.79 Å². The molecule has 92 valence electrons. The molecule has 1 aliphatic carbocycles. The van der Waals surface area contributed by atoms with Gasteiger partial charge in [-0.1, -0.05) is 30.3 Å². The van der Waals surface area contributed by atoms with Crippen molar-refractivity contribution in [2.24, 2.45) is 0 Å². The van der Waals surface area contributed by atoms with Gasteiger partial charge in [0, 0.05) is 12.8 Å². The van der Waals surface area contributed by atoms with E-state index in [2.05, 4.69) is 12.1 Å². The highest BCUT2D eigenvalue weighted by Crippen LogP contribution is 2.42. The summed E-state index contributed by atoms with van der Waals surface area (Å²) in [5.41, 5.74) is 1.18. The average molecular weight is 234 g/mol. The van der Waals surface area contributed by atoms with Gasteiger partial charge in [-0.05, 0) is 18.4 Å². The van der Waals surface area contributed by atoms with Gasteiger partial charge in [-0.25, -0.2) is 0 Å². The molecule has 2 aliphatic rings. The number of benzene rings is 1. The Morgan fingerprint density at radius 2 is 1.82 bits per heavy atom. The molecule has 1 aromatic carbocycles. The molecular weight excluding hydrogens is 216 g/mol. The van der Waals surface area contributed by atoms with Crippen molar-refractivity contribution >= 4 is 0 Å². The Balaban J connectivity index is 1.70. The van der Waals surface area contributed by atoms with E-state index in [-0.39, 0.29) is 12.2 Å². The van der Waals surface area contributed by atoms with Crippen LogP contribution < -0.4 is 0 Å². The number of aliphatic hydroxyl groups excluding tert-OH is 1. The van der Waals surface area contributed by atoms with Crippen molar-refractivity contribution in [1.82, 2.24) is 0 Å². The highest BCUT2D eigenvalue weighted by Gasteiger charge is 2.44. The molecule has 17 heavy (non-hydrogen) atoms. The Kier molecular flexibility index (Phi) is 2.90. The van der Waals surface area contributed by atoms with Crippen LogP contribution in [-0.4, -0.2) is 23.6 Å². The third-order valence-electron chi connectivity index (χ3n) is 3.74. The number of hydrogen-bond donors (Lipinski definition) is 1. The molecule has 0 bridgehead atoms. The zero-order valence-corrected chi connectivity index (χ0v) is 9.84. The summed E-state index contributed by atoms with van der Waals surface area (Å²) in [6.07, 6.45) is 3.04. The Hall–Kier alpha value is -0.900. The number of aliphatic hydroxyl groups is 1. The molecule has 3 heteroatoms. The Morgan fingerprint density at radius 1 is 1.12 bits per heavy atom. The third kappa shape index (κ3) is 2.23. The van der Waals surface area contributed by atoms with E-state index in [0.717, 1.165) is 25.7 Å². The van der Waals surface area contributed by atoms with Crippen LogP contribution in [0.2, 0.25) is 0 Å². The van der Waals surface area contributed by atoms with Crippen LogP contribution in [-0.2, 0) is 9.47 Å². The maximum atomic E-state index is 9.52. The number of ether oxygens (including phenoxy) is 2. The monoisotopic (exact) mass is 234 g/mol. The fourth-order valence-corrected chi connectivity index (χ4v) is 2.69. The lowest BCUT2D eigenvalue weighted by Crippen LogP contribution is -2.36. The molecular formula is C14H18O3. The van der Waals surface area contributed by atoms with Crippen molar-refractivity contribution in [2.75, 3.05) is 6.61 Å². The molecule has 2 fully saturated rings. The second kappa shape index (κ2) is 4.41. The summed E-state index contributed by atoms with van der Waals surface area (Å²) >= 11 is 0. The summed E-state index contributed by atoms with van der Waals surface area (Å²) in [4.78, 5) is 0. The molecule has 1 saturated heterocycles. The molecule has 1 N–H and O–H groups in total. The molecule has 0 aromatic heterocycles. The molecule has 3 rings (SSSR count). The Labute approximate surface area is 101 Å². The van der Waals surface area contributed by atoms with Crippen molar-refractivity contribution in [1.29, 1.82) is 0 Å². The minimum atomic E-state index is -0.431. The summed E-state index contributed by atoms with van der Waals surface area (Å²) in [6.45, 7) is 0.625. The quantitative estimate of drug-likeness (QED) is 0.811. The van der Waals surface area contributed by atoms with Gasteiger partial charge in [0.2, 0.25) is 0 Å². The van der Waals surface area contributed by atoms with Crippen LogP contribution in [0.3, 0.4) is 0 Å². The van der Waals surface area contributed by atoms with Gasteiger partial charge in [0.1, 0.15) is 6.10 Å². The van der Waals surface area contributed by atoms with E-state index in [4.69, 9.17) is 9.47 Å². The minimum Gasteiger partial charge on any atom is -0.393 e. The highest BCUT2D eigenvalue weighted by atomic mass is 16.7. The zero-order chi connectivity index (χ0) is 11.7. The first kappa shape index (κ1) is 11.2. The highest BCUT2D eigenvalue weighted by molar-refractivity contribution is 5.18. The maximum absolute atomic E-state index is 9.52. The zero-order valence-electron chi connectivity index (χ0n) is 9.84. The average Bonchev–Trinajstić information content (AvgIpc) is 2.79. The summed E-state index contributed by atoms with van der Waals surface area (Å²) in [7, 11) is 0. The lowest BCUT2D eigenvalue weighted by atomic mass is 9.92. The van der Waals surface area contributed by atoms with E-state index in [1.54, 1.807) is 0 Å². The molecule has 1 unspecified atom stereocenters. The molecule has 1 atom stereocenters. The summed E-state index contributed by atoms with van der Waals surface area (Å²) in [6, 6.07) is 10.2. The summed E-state index contributed by atoms with van der Waals surface area (Å²) in [5, 5.41) is 9.52. The number of hydrogen-bond acceptors (Lipinski definition) is 3. The van der Waals surface area contributed by atoms with Gasteiger partial charge < -0.3 is 14.6 Å². The fraction of sp³-hybridized carbons (Fsp3) is 0.571. The molecule has 1 aliphatic heterocycles. The summed E-state index contributed by atoms with van der Waals surface area (Å²) in [5.74, 6) is -0.431. The molecule has 0 radical (unpaired) electrons. The van der Waals surface area contributed by atoms with Crippen LogP contribution in [0.25, 0.3) is 0 Å². The molecule has 1 aromatic rings. The predicted octanol–water partition coefficient (Wildman–Crippen LogP) is 2.41. The Morgan fingerprint density at radius 3 is 2.53 bits per heavy atom. The first-order valence-electron chi connectivity index (χ1n) is 6.32. The van der Waals surface area contributed by atoms with Crippen LogP contribution in [0.5, 0.6) is 0 Å². The van der Waals surface area contributed by atoms with Crippen molar-refractivity contribution in [3.63, 3.8) is 0 Å². The maximum Gasteiger partial charge on any atom is 0.169 e.